The van der Waals surface area contributed by atoms with Crippen molar-refractivity contribution in [1.29, 1.82) is 0 Å². The Labute approximate surface area is 176 Å². The van der Waals surface area contributed by atoms with Gasteiger partial charge in [0.2, 0.25) is 5.91 Å². The predicted molar refractivity (Wildman–Crippen MR) is 112 cm³/mol. The van der Waals surface area contributed by atoms with Gasteiger partial charge in [0, 0.05) is 13.1 Å². The lowest BCUT2D eigenvalue weighted by Crippen LogP contribution is -2.54. The van der Waals surface area contributed by atoms with E-state index in [1.165, 1.54) is 12.1 Å². The molecule has 160 valence electrons. The van der Waals surface area contributed by atoms with Crippen LogP contribution in [0.25, 0.3) is 0 Å². The highest BCUT2D eigenvalue weighted by atomic mass is 16.5. The number of aromatic carboxylic acids is 1. The van der Waals surface area contributed by atoms with E-state index >= 15 is 0 Å². The molecule has 1 amide bonds. The van der Waals surface area contributed by atoms with Crippen molar-refractivity contribution in [3.63, 3.8) is 0 Å². The van der Waals surface area contributed by atoms with Crippen LogP contribution in [0.1, 0.15) is 41.7 Å². The number of ether oxygens (including phenoxy) is 1. The van der Waals surface area contributed by atoms with Crippen molar-refractivity contribution in [2.75, 3.05) is 19.7 Å². The minimum absolute atomic E-state index is 0.101. The molecule has 2 aromatic rings. The van der Waals surface area contributed by atoms with E-state index in [2.05, 4.69) is 5.32 Å². The third kappa shape index (κ3) is 5.81. The number of aliphatic hydroxyl groups is 1. The van der Waals surface area contributed by atoms with Gasteiger partial charge in [0.05, 0.1) is 23.8 Å². The first kappa shape index (κ1) is 21.8. The third-order valence-corrected chi connectivity index (χ3v) is 5.37. The van der Waals surface area contributed by atoms with Gasteiger partial charge in [0.25, 0.3) is 0 Å². The monoisotopic (exact) mass is 412 g/mol. The number of carbonyl (C=O) groups is 2. The number of benzene rings is 2. The number of piperidine rings is 1. The summed E-state index contributed by atoms with van der Waals surface area (Å²) in [7, 11) is 0. The SMILES string of the molecule is C[C@H](NC(=O)[C@H]1CC[C@H](O)CN1CCOc1ccccc1)c1ccc(C(=O)O)cc1. The molecule has 1 saturated heterocycles. The number of carboxylic acid groups (broad SMARTS) is 1. The molecule has 0 unspecified atom stereocenters. The quantitative estimate of drug-likeness (QED) is 0.616. The molecule has 1 aliphatic heterocycles. The molecule has 30 heavy (non-hydrogen) atoms. The molecular weight excluding hydrogens is 384 g/mol. The van der Waals surface area contributed by atoms with Gasteiger partial charge in [-0.05, 0) is 49.6 Å². The minimum atomic E-state index is -0.979. The molecule has 0 saturated carbocycles. The molecule has 1 heterocycles. The van der Waals surface area contributed by atoms with Crippen LogP contribution in [0, 0.1) is 0 Å². The Kier molecular flexibility index (Phi) is 7.43. The molecule has 7 nitrogen and oxygen atoms in total. The maximum atomic E-state index is 12.9. The molecular formula is C23H28N2O5. The average molecular weight is 412 g/mol. The lowest BCUT2D eigenvalue weighted by Gasteiger charge is -2.37. The highest BCUT2D eigenvalue weighted by molar-refractivity contribution is 5.87. The Bertz CT molecular complexity index is 840. The van der Waals surface area contributed by atoms with Crippen molar-refractivity contribution in [3.8, 4) is 5.75 Å². The number of β-amino-alcohol motifs (C(OH)–C–C–N with tert-alkyl or cyclic N) is 1. The second-order valence-corrected chi connectivity index (χ2v) is 7.56. The van der Waals surface area contributed by atoms with Crippen LogP contribution >= 0.6 is 0 Å². The van der Waals surface area contributed by atoms with Gasteiger partial charge in [0.1, 0.15) is 12.4 Å². The summed E-state index contributed by atoms with van der Waals surface area (Å²) in [6.45, 7) is 3.25. The molecule has 0 spiro atoms. The topological polar surface area (TPSA) is 99.1 Å². The van der Waals surface area contributed by atoms with Crippen LogP contribution < -0.4 is 10.1 Å². The molecule has 0 radical (unpaired) electrons. The molecule has 3 atom stereocenters. The maximum absolute atomic E-state index is 12.9. The summed E-state index contributed by atoms with van der Waals surface area (Å²) in [6, 6.07) is 15.4. The normalized spacial score (nSPS) is 20.3. The van der Waals surface area contributed by atoms with Gasteiger partial charge in [-0.2, -0.15) is 0 Å². The Morgan fingerprint density at radius 2 is 1.83 bits per heavy atom. The van der Waals surface area contributed by atoms with Crippen molar-refractivity contribution >= 4 is 11.9 Å². The molecule has 1 aliphatic rings. The first-order chi connectivity index (χ1) is 14.4. The van der Waals surface area contributed by atoms with E-state index < -0.39 is 12.1 Å². The van der Waals surface area contributed by atoms with Crippen molar-refractivity contribution in [3.05, 3.63) is 65.7 Å². The van der Waals surface area contributed by atoms with Crippen LogP contribution in [0.2, 0.25) is 0 Å². The number of likely N-dealkylation sites (tertiary alicyclic amines) is 1. The predicted octanol–water partition coefficient (Wildman–Crippen LogP) is 2.47. The van der Waals surface area contributed by atoms with Crippen LogP contribution in [0.5, 0.6) is 5.75 Å². The molecule has 3 N–H and O–H groups in total. The number of nitrogens with one attached hydrogen (secondary N) is 1. The van der Waals surface area contributed by atoms with Crippen molar-refractivity contribution in [2.45, 2.75) is 38.0 Å². The van der Waals surface area contributed by atoms with Crippen LogP contribution in [-0.4, -0.2) is 58.8 Å². The second kappa shape index (κ2) is 10.2. The lowest BCUT2D eigenvalue weighted by molar-refractivity contribution is -0.130. The fourth-order valence-electron chi connectivity index (χ4n) is 3.67. The van der Waals surface area contributed by atoms with Gasteiger partial charge in [-0.1, -0.05) is 30.3 Å². The van der Waals surface area contributed by atoms with Crippen molar-refractivity contribution in [2.24, 2.45) is 0 Å². The van der Waals surface area contributed by atoms with Crippen LogP contribution in [-0.2, 0) is 4.79 Å². The lowest BCUT2D eigenvalue weighted by atomic mass is 9.98. The Balaban J connectivity index is 1.58. The summed E-state index contributed by atoms with van der Waals surface area (Å²) in [5, 5.41) is 22.1. The van der Waals surface area contributed by atoms with Gasteiger partial charge < -0.3 is 20.3 Å². The van der Waals surface area contributed by atoms with Gasteiger partial charge >= 0.3 is 5.97 Å². The van der Waals surface area contributed by atoms with Crippen molar-refractivity contribution < 1.29 is 24.5 Å². The minimum Gasteiger partial charge on any atom is -0.492 e. The zero-order chi connectivity index (χ0) is 21.5. The van der Waals surface area contributed by atoms with Gasteiger partial charge in [0.15, 0.2) is 0 Å². The number of carboxylic acids is 1. The van der Waals surface area contributed by atoms with E-state index in [0.717, 1.165) is 11.3 Å². The Hall–Kier alpha value is -2.90. The molecule has 7 heteroatoms. The van der Waals surface area contributed by atoms with E-state index in [1.807, 2.05) is 42.2 Å². The number of nitrogens with zero attached hydrogens (tertiary/aromatic N) is 1. The number of carbonyl (C=O) groups excluding carboxylic acids is 1. The molecule has 1 fully saturated rings. The summed E-state index contributed by atoms with van der Waals surface area (Å²) in [4.78, 5) is 25.9. The van der Waals surface area contributed by atoms with Gasteiger partial charge in [-0.3, -0.25) is 9.69 Å². The first-order valence-electron chi connectivity index (χ1n) is 10.2. The Morgan fingerprint density at radius 3 is 2.50 bits per heavy atom. The largest absolute Gasteiger partial charge is 0.492 e. The summed E-state index contributed by atoms with van der Waals surface area (Å²) in [6.07, 6.45) is 0.700. The molecule has 2 aromatic carbocycles. The summed E-state index contributed by atoms with van der Waals surface area (Å²) >= 11 is 0. The van der Waals surface area contributed by atoms with E-state index in [-0.39, 0.29) is 23.6 Å². The first-order valence-corrected chi connectivity index (χ1v) is 10.2. The summed E-state index contributed by atoms with van der Waals surface area (Å²) in [5.41, 5.74) is 1.05. The fraction of sp³-hybridized carbons (Fsp3) is 0.391. The maximum Gasteiger partial charge on any atom is 0.335 e. The highest BCUT2D eigenvalue weighted by Crippen LogP contribution is 2.20. The smallest absolute Gasteiger partial charge is 0.335 e. The van der Waals surface area contributed by atoms with Gasteiger partial charge in [-0.25, -0.2) is 4.79 Å². The van der Waals surface area contributed by atoms with E-state index in [0.29, 0.717) is 32.5 Å². The fourth-order valence-corrected chi connectivity index (χ4v) is 3.67. The van der Waals surface area contributed by atoms with Crippen LogP contribution in [0.4, 0.5) is 0 Å². The molecule has 0 aliphatic carbocycles. The zero-order valence-electron chi connectivity index (χ0n) is 17.0. The third-order valence-electron chi connectivity index (χ3n) is 5.37. The second-order valence-electron chi connectivity index (χ2n) is 7.56. The summed E-state index contributed by atoms with van der Waals surface area (Å²) in [5.74, 6) is -0.307. The number of hydrogen-bond acceptors (Lipinski definition) is 5. The highest BCUT2D eigenvalue weighted by Gasteiger charge is 2.32. The van der Waals surface area contributed by atoms with E-state index in [9.17, 15) is 14.7 Å². The number of hydrogen-bond donors (Lipinski definition) is 3. The Morgan fingerprint density at radius 1 is 1.13 bits per heavy atom. The number of rotatable bonds is 8. The summed E-state index contributed by atoms with van der Waals surface area (Å²) < 4.78 is 5.75. The van der Waals surface area contributed by atoms with E-state index in [1.54, 1.807) is 12.1 Å². The van der Waals surface area contributed by atoms with Crippen molar-refractivity contribution in [1.82, 2.24) is 10.2 Å². The molecule has 3 rings (SSSR count). The average Bonchev–Trinajstić information content (AvgIpc) is 2.74. The zero-order valence-corrected chi connectivity index (χ0v) is 17.0. The van der Waals surface area contributed by atoms with E-state index in [4.69, 9.17) is 9.84 Å². The standard InChI is InChI=1S/C23H28N2O5/c1-16(17-7-9-18(10-8-17)23(28)29)24-22(27)21-12-11-19(26)15-25(21)13-14-30-20-5-3-2-4-6-20/h2-10,16,19,21,26H,11-15H2,1H3,(H,24,27)(H,28,29)/t16-,19-,21+/m0/s1. The molecule has 0 aromatic heterocycles. The number of para-hydroxylation sites is 1. The van der Waals surface area contributed by atoms with Gasteiger partial charge in [-0.15, -0.1) is 0 Å². The molecule has 0 bridgehead atoms. The van der Waals surface area contributed by atoms with Crippen LogP contribution in [0.3, 0.4) is 0 Å². The number of aliphatic hydroxyl groups excluding tert-OH is 1. The number of amides is 1. The van der Waals surface area contributed by atoms with Crippen LogP contribution in [0.15, 0.2) is 54.6 Å².